The zero-order valence-corrected chi connectivity index (χ0v) is 11.7. The summed E-state index contributed by atoms with van der Waals surface area (Å²) in [5.41, 5.74) is 3.48. The number of aliphatic hydroxyl groups excluding tert-OH is 1. The number of likely N-dealkylation sites (N-methyl/N-ethyl adjacent to an activating group) is 1. The Morgan fingerprint density at radius 2 is 1.94 bits per heavy atom. The fraction of sp³-hybridized carbons (Fsp3) is 0.667. The Labute approximate surface area is 108 Å². The lowest BCUT2D eigenvalue weighted by atomic mass is 10.2. The van der Waals surface area contributed by atoms with Gasteiger partial charge in [-0.1, -0.05) is 13.8 Å². The molecule has 6 nitrogen and oxygen atoms in total. The molecule has 1 atom stereocenters. The molecule has 1 aromatic heterocycles. The maximum atomic E-state index is 9.45. The van der Waals surface area contributed by atoms with E-state index in [9.17, 15) is 5.11 Å². The Hall–Kier alpha value is -1.40. The van der Waals surface area contributed by atoms with Gasteiger partial charge in [0.1, 0.15) is 17.5 Å². The largest absolute Gasteiger partial charge is 0.392 e. The number of nitrogen functional groups attached to an aromatic ring is 1. The van der Waals surface area contributed by atoms with Crippen LogP contribution in [0, 0.1) is 6.92 Å². The Kier molecular flexibility index (Phi) is 4.86. The molecule has 0 radical (unpaired) electrons. The standard InChI is InChI=1S/C12H23N5O/c1-7(2)10-14-11(16-13)9(4)12(15-10)17(5)6-8(3)18/h7-8,18H,6,13H2,1-5H3,(H,14,15,16). The molecule has 1 heterocycles. The number of hydrogen-bond donors (Lipinski definition) is 3. The summed E-state index contributed by atoms with van der Waals surface area (Å²) in [5, 5.41) is 9.45. The number of hydrazine groups is 1. The minimum Gasteiger partial charge on any atom is -0.392 e. The van der Waals surface area contributed by atoms with Crippen molar-refractivity contribution in [3.63, 3.8) is 0 Å². The van der Waals surface area contributed by atoms with Gasteiger partial charge in [0.15, 0.2) is 0 Å². The molecule has 1 aromatic rings. The zero-order chi connectivity index (χ0) is 13.9. The summed E-state index contributed by atoms with van der Waals surface area (Å²) in [5.74, 6) is 7.86. The molecule has 1 rings (SSSR count). The van der Waals surface area contributed by atoms with Crippen molar-refractivity contribution in [2.24, 2.45) is 5.84 Å². The molecule has 6 heteroatoms. The molecule has 0 aliphatic rings. The van der Waals surface area contributed by atoms with Gasteiger partial charge >= 0.3 is 0 Å². The molecule has 0 aliphatic heterocycles. The number of nitrogens with one attached hydrogen (secondary N) is 1. The number of aromatic nitrogens is 2. The number of anilines is 2. The number of nitrogens with zero attached hydrogens (tertiary/aromatic N) is 3. The third-order valence-corrected chi connectivity index (χ3v) is 2.69. The van der Waals surface area contributed by atoms with Crippen molar-refractivity contribution in [2.75, 3.05) is 23.9 Å². The maximum Gasteiger partial charge on any atom is 0.148 e. The molecule has 0 saturated carbocycles. The highest BCUT2D eigenvalue weighted by Gasteiger charge is 2.16. The van der Waals surface area contributed by atoms with E-state index in [1.54, 1.807) is 6.92 Å². The van der Waals surface area contributed by atoms with E-state index in [1.165, 1.54) is 0 Å². The molecule has 4 N–H and O–H groups in total. The smallest absolute Gasteiger partial charge is 0.148 e. The molecule has 0 amide bonds. The highest BCUT2D eigenvalue weighted by Crippen LogP contribution is 2.24. The lowest BCUT2D eigenvalue weighted by Gasteiger charge is -2.23. The molecule has 102 valence electrons. The van der Waals surface area contributed by atoms with Gasteiger partial charge in [-0.25, -0.2) is 15.8 Å². The van der Waals surface area contributed by atoms with Crippen LogP contribution in [0.25, 0.3) is 0 Å². The van der Waals surface area contributed by atoms with Crippen molar-refractivity contribution in [2.45, 2.75) is 39.7 Å². The van der Waals surface area contributed by atoms with E-state index in [4.69, 9.17) is 5.84 Å². The van der Waals surface area contributed by atoms with Gasteiger partial charge < -0.3 is 15.4 Å². The molecule has 18 heavy (non-hydrogen) atoms. The molecule has 0 aromatic carbocycles. The van der Waals surface area contributed by atoms with Crippen LogP contribution in [0.3, 0.4) is 0 Å². The van der Waals surface area contributed by atoms with Gasteiger partial charge in [0.25, 0.3) is 0 Å². The monoisotopic (exact) mass is 253 g/mol. The van der Waals surface area contributed by atoms with Gasteiger partial charge in [-0.05, 0) is 13.8 Å². The second-order valence-corrected chi connectivity index (χ2v) is 4.91. The van der Waals surface area contributed by atoms with Crippen LogP contribution in [0.15, 0.2) is 0 Å². The highest BCUT2D eigenvalue weighted by atomic mass is 16.3. The van der Waals surface area contributed by atoms with E-state index >= 15 is 0 Å². The van der Waals surface area contributed by atoms with Crippen LogP contribution < -0.4 is 16.2 Å². The topological polar surface area (TPSA) is 87.3 Å². The molecular weight excluding hydrogens is 230 g/mol. The third kappa shape index (κ3) is 3.30. The molecule has 1 unspecified atom stereocenters. The maximum absolute atomic E-state index is 9.45. The molecule has 0 aliphatic carbocycles. The molecular formula is C12H23N5O. The summed E-state index contributed by atoms with van der Waals surface area (Å²) in [6, 6.07) is 0. The van der Waals surface area contributed by atoms with E-state index in [2.05, 4.69) is 15.4 Å². The summed E-state index contributed by atoms with van der Waals surface area (Å²) in [4.78, 5) is 10.8. The lowest BCUT2D eigenvalue weighted by molar-refractivity contribution is 0.201. The van der Waals surface area contributed by atoms with Crippen LogP contribution in [0.1, 0.15) is 38.1 Å². The second-order valence-electron chi connectivity index (χ2n) is 4.91. The van der Waals surface area contributed by atoms with Gasteiger partial charge in [-0.3, -0.25) is 0 Å². The summed E-state index contributed by atoms with van der Waals surface area (Å²) >= 11 is 0. The zero-order valence-electron chi connectivity index (χ0n) is 11.7. The van der Waals surface area contributed by atoms with Crippen molar-refractivity contribution in [3.05, 3.63) is 11.4 Å². The first-order chi connectivity index (χ1) is 8.36. The van der Waals surface area contributed by atoms with Gasteiger partial charge in [0, 0.05) is 25.1 Å². The van der Waals surface area contributed by atoms with Crippen molar-refractivity contribution in [1.29, 1.82) is 0 Å². The summed E-state index contributed by atoms with van der Waals surface area (Å²) < 4.78 is 0. The average Bonchev–Trinajstić information content (AvgIpc) is 2.27. The normalized spacial score (nSPS) is 12.7. The minimum atomic E-state index is -0.416. The number of rotatable bonds is 5. The van der Waals surface area contributed by atoms with E-state index in [-0.39, 0.29) is 5.92 Å². The van der Waals surface area contributed by atoms with Gasteiger partial charge in [0.05, 0.1) is 6.10 Å². The lowest BCUT2D eigenvalue weighted by Crippen LogP contribution is -2.29. The van der Waals surface area contributed by atoms with Crippen molar-refractivity contribution in [3.8, 4) is 0 Å². The Balaban J connectivity index is 3.20. The van der Waals surface area contributed by atoms with Crippen LogP contribution in [0.5, 0.6) is 0 Å². The Morgan fingerprint density at radius 1 is 1.33 bits per heavy atom. The van der Waals surface area contributed by atoms with Gasteiger partial charge in [-0.2, -0.15) is 0 Å². The Morgan fingerprint density at radius 3 is 2.39 bits per heavy atom. The van der Waals surface area contributed by atoms with Crippen LogP contribution in [0.2, 0.25) is 0 Å². The quantitative estimate of drug-likeness (QED) is 0.536. The first-order valence-electron chi connectivity index (χ1n) is 6.11. The van der Waals surface area contributed by atoms with Crippen molar-refractivity contribution >= 4 is 11.6 Å². The first-order valence-corrected chi connectivity index (χ1v) is 6.11. The van der Waals surface area contributed by atoms with Crippen LogP contribution in [0.4, 0.5) is 11.6 Å². The van der Waals surface area contributed by atoms with Crippen LogP contribution >= 0.6 is 0 Å². The minimum absolute atomic E-state index is 0.219. The van der Waals surface area contributed by atoms with Gasteiger partial charge in [-0.15, -0.1) is 0 Å². The number of aliphatic hydroxyl groups is 1. The van der Waals surface area contributed by atoms with Crippen molar-refractivity contribution < 1.29 is 5.11 Å². The van der Waals surface area contributed by atoms with Crippen molar-refractivity contribution in [1.82, 2.24) is 9.97 Å². The fourth-order valence-electron chi connectivity index (χ4n) is 1.77. The van der Waals surface area contributed by atoms with E-state index in [0.29, 0.717) is 12.4 Å². The van der Waals surface area contributed by atoms with E-state index in [1.807, 2.05) is 32.7 Å². The van der Waals surface area contributed by atoms with E-state index < -0.39 is 6.10 Å². The molecule has 0 bridgehead atoms. The SMILES string of the molecule is Cc1c(NN)nc(C(C)C)nc1N(C)CC(C)O. The second kappa shape index (κ2) is 5.97. The summed E-state index contributed by atoms with van der Waals surface area (Å²) in [7, 11) is 1.90. The predicted octanol–water partition coefficient (Wildman–Crippen LogP) is 1.01. The molecule has 0 fully saturated rings. The average molecular weight is 253 g/mol. The van der Waals surface area contributed by atoms with E-state index in [0.717, 1.165) is 17.2 Å². The highest BCUT2D eigenvalue weighted by molar-refractivity contribution is 5.58. The fourth-order valence-corrected chi connectivity index (χ4v) is 1.77. The van der Waals surface area contributed by atoms with Crippen LogP contribution in [-0.2, 0) is 0 Å². The summed E-state index contributed by atoms with van der Waals surface area (Å²) in [6.45, 7) is 8.23. The predicted molar refractivity (Wildman–Crippen MR) is 73.6 cm³/mol. The Bertz CT molecular complexity index is 406. The number of nitrogens with two attached hydrogens (primary N) is 1. The molecule has 0 saturated heterocycles. The first kappa shape index (κ1) is 14.7. The van der Waals surface area contributed by atoms with Crippen LogP contribution in [-0.4, -0.2) is 34.8 Å². The molecule has 0 spiro atoms. The third-order valence-electron chi connectivity index (χ3n) is 2.69. The number of hydrogen-bond acceptors (Lipinski definition) is 6. The van der Waals surface area contributed by atoms with Gasteiger partial charge in [0.2, 0.25) is 0 Å². The summed E-state index contributed by atoms with van der Waals surface area (Å²) in [6.07, 6.45) is -0.416.